The van der Waals surface area contributed by atoms with Gasteiger partial charge in [-0.1, -0.05) is 0 Å². The van der Waals surface area contributed by atoms with E-state index in [1.165, 1.54) is 0 Å². The number of rotatable bonds is 4. The summed E-state index contributed by atoms with van der Waals surface area (Å²) in [5.74, 6) is -2.79. The fourth-order valence-electron chi connectivity index (χ4n) is 2.75. The Morgan fingerprint density at radius 2 is 1.92 bits per heavy atom. The molecule has 2 rings (SSSR count). The number of nitrogens with zero attached hydrogens (tertiary/aromatic N) is 1. The number of hydrogen-bond donors (Lipinski definition) is 2. The fourth-order valence-corrected chi connectivity index (χ4v) is 4.05. The van der Waals surface area contributed by atoms with Crippen molar-refractivity contribution in [3.8, 4) is 6.07 Å². The van der Waals surface area contributed by atoms with Gasteiger partial charge in [0.15, 0.2) is 0 Å². The van der Waals surface area contributed by atoms with E-state index < -0.39 is 23.7 Å². The van der Waals surface area contributed by atoms with Gasteiger partial charge in [0.1, 0.15) is 11.1 Å². The van der Waals surface area contributed by atoms with Gasteiger partial charge in [-0.15, -0.1) is 11.3 Å². The molecule has 0 fully saturated rings. The maximum atomic E-state index is 13.7. The molecule has 0 saturated heterocycles. The lowest BCUT2D eigenvalue weighted by molar-refractivity contribution is -0.206. The SMILES string of the molecule is COC(=O)C(NC(C)=O)(Nc1sc2c(c1C#N)CCCC2)C(F)(F)F. The van der Waals surface area contributed by atoms with Crippen LogP contribution in [-0.4, -0.2) is 30.8 Å². The van der Waals surface area contributed by atoms with E-state index in [0.29, 0.717) is 18.4 Å². The third kappa shape index (κ3) is 3.42. The van der Waals surface area contributed by atoms with Crippen molar-refractivity contribution in [3.05, 3.63) is 16.0 Å². The average molecular weight is 375 g/mol. The topological polar surface area (TPSA) is 91.2 Å². The number of alkyl halides is 3. The van der Waals surface area contributed by atoms with E-state index in [-0.39, 0.29) is 10.6 Å². The third-order valence-electron chi connectivity index (χ3n) is 3.86. The molecule has 0 saturated carbocycles. The van der Waals surface area contributed by atoms with Crippen LogP contribution >= 0.6 is 11.3 Å². The van der Waals surface area contributed by atoms with Gasteiger partial charge in [-0.2, -0.15) is 18.4 Å². The summed E-state index contributed by atoms with van der Waals surface area (Å²) in [5.41, 5.74) is -2.69. The Kier molecular flexibility index (Phi) is 5.27. The van der Waals surface area contributed by atoms with Gasteiger partial charge in [0.25, 0.3) is 0 Å². The number of carbonyl (C=O) groups excluding carboxylic acids is 2. The van der Waals surface area contributed by atoms with Crippen LogP contribution in [0.3, 0.4) is 0 Å². The Morgan fingerprint density at radius 1 is 1.28 bits per heavy atom. The molecule has 10 heteroatoms. The smallest absolute Gasteiger partial charge is 0.441 e. The zero-order chi connectivity index (χ0) is 18.8. The minimum atomic E-state index is -5.19. The van der Waals surface area contributed by atoms with Gasteiger partial charge < -0.3 is 15.4 Å². The van der Waals surface area contributed by atoms with Crippen LogP contribution in [0.2, 0.25) is 0 Å². The van der Waals surface area contributed by atoms with E-state index in [1.807, 2.05) is 6.07 Å². The van der Waals surface area contributed by atoms with Crippen LogP contribution in [0.4, 0.5) is 18.2 Å². The van der Waals surface area contributed by atoms with Crippen LogP contribution in [0.1, 0.15) is 35.8 Å². The number of hydrogen-bond acceptors (Lipinski definition) is 6. The van der Waals surface area contributed by atoms with Crippen molar-refractivity contribution in [3.63, 3.8) is 0 Å². The number of fused-ring (bicyclic) bond motifs is 1. The first-order valence-electron chi connectivity index (χ1n) is 7.43. The molecule has 1 aromatic heterocycles. The quantitative estimate of drug-likeness (QED) is 0.623. The molecule has 25 heavy (non-hydrogen) atoms. The molecule has 1 aromatic rings. The molecule has 0 bridgehead atoms. The van der Waals surface area contributed by atoms with Crippen LogP contribution in [0, 0.1) is 11.3 Å². The highest BCUT2D eigenvalue weighted by atomic mass is 32.1. The van der Waals surface area contributed by atoms with Crippen molar-refractivity contribution in [2.24, 2.45) is 0 Å². The predicted molar refractivity (Wildman–Crippen MR) is 83.9 cm³/mol. The second-order valence-electron chi connectivity index (χ2n) is 5.57. The molecule has 1 heterocycles. The Morgan fingerprint density at radius 3 is 2.44 bits per heavy atom. The van der Waals surface area contributed by atoms with Gasteiger partial charge in [0.05, 0.1) is 12.7 Å². The molecule has 2 N–H and O–H groups in total. The van der Waals surface area contributed by atoms with E-state index in [1.54, 1.807) is 5.32 Å². The number of anilines is 1. The molecule has 0 aliphatic heterocycles. The van der Waals surface area contributed by atoms with Gasteiger partial charge in [-0.25, -0.2) is 4.79 Å². The van der Waals surface area contributed by atoms with Crippen LogP contribution in [0.5, 0.6) is 0 Å². The Hall–Kier alpha value is -2.28. The molecule has 0 aromatic carbocycles. The average Bonchev–Trinajstić information content (AvgIpc) is 2.88. The standard InChI is InChI=1S/C15H16F3N3O3S/c1-8(22)20-14(13(23)24-2,15(16,17)18)21-12-10(7-19)9-5-3-4-6-11(9)25-12/h21H,3-6H2,1-2H3,(H,20,22). The number of aryl methyl sites for hydroxylation is 1. The second kappa shape index (κ2) is 6.92. The maximum absolute atomic E-state index is 13.7. The highest BCUT2D eigenvalue weighted by Gasteiger charge is 2.63. The lowest BCUT2D eigenvalue weighted by Gasteiger charge is -2.34. The minimum absolute atomic E-state index is 0.0718. The molecule has 0 radical (unpaired) electrons. The molecule has 6 nitrogen and oxygen atoms in total. The van der Waals surface area contributed by atoms with Crippen molar-refractivity contribution in [2.45, 2.75) is 44.4 Å². The monoisotopic (exact) mass is 375 g/mol. The van der Waals surface area contributed by atoms with Gasteiger partial charge in [0, 0.05) is 11.8 Å². The zero-order valence-corrected chi connectivity index (χ0v) is 14.4. The van der Waals surface area contributed by atoms with Crippen molar-refractivity contribution in [1.82, 2.24) is 5.32 Å². The van der Waals surface area contributed by atoms with Crippen molar-refractivity contribution in [2.75, 3.05) is 12.4 Å². The Bertz CT molecular complexity index is 739. The van der Waals surface area contributed by atoms with E-state index in [2.05, 4.69) is 10.1 Å². The fraction of sp³-hybridized carbons (Fsp3) is 0.533. The van der Waals surface area contributed by atoms with Crippen molar-refractivity contribution >= 4 is 28.2 Å². The maximum Gasteiger partial charge on any atom is 0.441 e. The molecule has 1 aliphatic rings. The summed E-state index contributed by atoms with van der Waals surface area (Å²) in [4.78, 5) is 24.1. The van der Waals surface area contributed by atoms with Gasteiger partial charge >= 0.3 is 17.8 Å². The number of carbonyl (C=O) groups is 2. The number of halogens is 3. The molecule has 0 spiro atoms. The summed E-state index contributed by atoms with van der Waals surface area (Å²) in [6.45, 7) is 0.857. The van der Waals surface area contributed by atoms with Crippen molar-refractivity contribution in [1.29, 1.82) is 5.26 Å². The summed E-state index contributed by atoms with van der Waals surface area (Å²) in [6.07, 6.45) is -2.22. The summed E-state index contributed by atoms with van der Waals surface area (Å²) >= 11 is 0.992. The first-order valence-corrected chi connectivity index (χ1v) is 8.24. The van der Waals surface area contributed by atoms with Gasteiger partial charge in [-0.3, -0.25) is 4.79 Å². The first kappa shape index (κ1) is 19.1. The first-order chi connectivity index (χ1) is 11.7. The van der Waals surface area contributed by atoms with E-state index >= 15 is 0 Å². The molecule has 1 atom stereocenters. The third-order valence-corrected chi connectivity index (χ3v) is 5.07. The molecule has 1 aliphatic carbocycles. The highest BCUT2D eigenvalue weighted by Crippen LogP contribution is 2.41. The second-order valence-corrected chi connectivity index (χ2v) is 6.68. The number of nitrogens with one attached hydrogen (secondary N) is 2. The lowest BCUT2D eigenvalue weighted by atomic mass is 9.96. The normalized spacial score (nSPS) is 16.2. The number of esters is 1. The van der Waals surface area contributed by atoms with E-state index in [0.717, 1.165) is 43.1 Å². The molecular weight excluding hydrogens is 359 g/mol. The van der Waals surface area contributed by atoms with Gasteiger partial charge in [-0.05, 0) is 31.2 Å². The molecular formula is C15H16F3N3O3S. The molecule has 1 unspecified atom stereocenters. The number of thiophene rings is 1. The Balaban J connectivity index is 2.57. The van der Waals surface area contributed by atoms with Crippen LogP contribution < -0.4 is 10.6 Å². The van der Waals surface area contributed by atoms with Crippen LogP contribution in [-0.2, 0) is 27.2 Å². The zero-order valence-electron chi connectivity index (χ0n) is 13.5. The largest absolute Gasteiger partial charge is 0.466 e. The van der Waals surface area contributed by atoms with E-state index in [9.17, 15) is 28.0 Å². The summed E-state index contributed by atoms with van der Waals surface area (Å²) in [7, 11) is 0.789. The summed E-state index contributed by atoms with van der Waals surface area (Å²) in [5, 5.41) is 12.9. The van der Waals surface area contributed by atoms with E-state index in [4.69, 9.17) is 0 Å². The number of amides is 1. The van der Waals surface area contributed by atoms with Gasteiger partial charge in [0.2, 0.25) is 5.91 Å². The number of nitriles is 1. The summed E-state index contributed by atoms with van der Waals surface area (Å²) < 4.78 is 45.4. The highest BCUT2D eigenvalue weighted by molar-refractivity contribution is 7.16. The number of ether oxygens (including phenoxy) is 1. The molecule has 1 amide bonds. The number of methoxy groups -OCH3 is 1. The molecule has 136 valence electrons. The minimum Gasteiger partial charge on any atom is -0.466 e. The lowest BCUT2D eigenvalue weighted by Crippen LogP contribution is -2.69. The Labute approximate surface area is 146 Å². The van der Waals surface area contributed by atoms with Crippen molar-refractivity contribution < 1.29 is 27.5 Å². The summed E-state index contributed by atoms with van der Waals surface area (Å²) in [6, 6.07) is 1.90. The van der Waals surface area contributed by atoms with Crippen LogP contribution in [0.25, 0.3) is 0 Å². The predicted octanol–water partition coefficient (Wildman–Crippen LogP) is 2.48. The van der Waals surface area contributed by atoms with Crippen LogP contribution in [0.15, 0.2) is 0 Å².